The number of carboxylic acids is 1. The number of carboxylic acid groups (broad SMARTS) is 1. The predicted molar refractivity (Wildman–Crippen MR) is 99.6 cm³/mol. The molecule has 1 aliphatic heterocycles. The molecule has 3 N–H and O–H groups in total. The number of nitrogens with zero attached hydrogens (tertiary/aromatic N) is 1. The third-order valence-electron chi connectivity index (χ3n) is 4.56. The maximum Gasteiger partial charge on any atom is 0.336 e. The van der Waals surface area contributed by atoms with Crippen molar-refractivity contribution in [3.63, 3.8) is 0 Å². The van der Waals surface area contributed by atoms with Gasteiger partial charge in [-0.25, -0.2) is 10.1 Å². The van der Waals surface area contributed by atoms with E-state index in [1.165, 1.54) is 18.3 Å². The Bertz CT molecular complexity index is 1180. The van der Waals surface area contributed by atoms with Crippen LogP contribution < -0.4 is 21.5 Å². The number of carbonyl (C=O) groups excluding carboxylic acids is 1. The molecule has 0 spiro atoms. The number of carbonyl (C=O) groups is 2. The van der Waals surface area contributed by atoms with Crippen LogP contribution in [0.1, 0.15) is 15.9 Å². The fourth-order valence-corrected chi connectivity index (χ4v) is 3.22. The molecule has 0 aromatic heterocycles. The second kappa shape index (κ2) is 6.13. The van der Waals surface area contributed by atoms with E-state index in [1.54, 1.807) is 6.07 Å². The summed E-state index contributed by atoms with van der Waals surface area (Å²) in [6, 6.07) is 15.1. The SMILES string of the molecule is NCc1ccc(-c2ccc3c(C(=O)O)cc4c(c3c2)=C[N]C(=O)C=4)cc1. The van der Waals surface area contributed by atoms with Crippen LogP contribution in [0.4, 0.5) is 0 Å². The lowest BCUT2D eigenvalue weighted by molar-refractivity contribution is -0.114. The van der Waals surface area contributed by atoms with Gasteiger partial charge in [0.1, 0.15) is 0 Å². The maximum atomic E-state index is 11.7. The minimum Gasteiger partial charge on any atom is -0.478 e. The molecular formula is C21H15N2O3. The Kier molecular flexibility index (Phi) is 3.78. The molecule has 5 heteroatoms. The summed E-state index contributed by atoms with van der Waals surface area (Å²) in [5, 5.41) is 16.1. The van der Waals surface area contributed by atoms with Gasteiger partial charge in [0.05, 0.1) is 5.56 Å². The third kappa shape index (κ3) is 2.64. The zero-order valence-corrected chi connectivity index (χ0v) is 13.8. The molecule has 0 saturated carbocycles. The molecule has 0 fully saturated rings. The van der Waals surface area contributed by atoms with Crippen LogP contribution >= 0.6 is 0 Å². The van der Waals surface area contributed by atoms with Crippen molar-refractivity contribution in [2.24, 2.45) is 5.73 Å². The molecule has 1 radical (unpaired) electrons. The predicted octanol–water partition coefficient (Wildman–Crippen LogP) is 1.33. The van der Waals surface area contributed by atoms with E-state index >= 15 is 0 Å². The van der Waals surface area contributed by atoms with Crippen molar-refractivity contribution < 1.29 is 14.7 Å². The van der Waals surface area contributed by atoms with Crippen molar-refractivity contribution >= 4 is 34.9 Å². The van der Waals surface area contributed by atoms with E-state index in [-0.39, 0.29) is 11.5 Å². The highest BCUT2D eigenvalue weighted by molar-refractivity contribution is 6.10. The summed E-state index contributed by atoms with van der Waals surface area (Å²) in [6.45, 7) is 0.480. The van der Waals surface area contributed by atoms with Crippen LogP contribution in [-0.2, 0) is 11.3 Å². The first-order valence-corrected chi connectivity index (χ1v) is 8.13. The van der Waals surface area contributed by atoms with Crippen molar-refractivity contribution in [3.8, 4) is 11.1 Å². The molecule has 0 saturated heterocycles. The van der Waals surface area contributed by atoms with Gasteiger partial charge >= 0.3 is 5.97 Å². The molecule has 1 heterocycles. The molecule has 3 aromatic rings. The summed E-state index contributed by atoms with van der Waals surface area (Å²) in [7, 11) is 0. The summed E-state index contributed by atoms with van der Waals surface area (Å²) in [4.78, 5) is 23.2. The van der Waals surface area contributed by atoms with Gasteiger partial charge in [-0.3, -0.25) is 4.79 Å². The highest BCUT2D eigenvalue weighted by Crippen LogP contribution is 2.25. The summed E-state index contributed by atoms with van der Waals surface area (Å²) < 4.78 is 0. The van der Waals surface area contributed by atoms with Crippen molar-refractivity contribution in [2.75, 3.05) is 0 Å². The summed E-state index contributed by atoms with van der Waals surface area (Å²) in [5.41, 5.74) is 8.82. The number of fused-ring (bicyclic) bond motifs is 3. The average Bonchev–Trinajstić information content (AvgIpc) is 2.66. The summed E-state index contributed by atoms with van der Waals surface area (Å²) in [5.74, 6) is -1.41. The Balaban J connectivity index is 2.02. The molecule has 4 rings (SSSR count). The van der Waals surface area contributed by atoms with Crippen molar-refractivity contribution in [3.05, 3.63) is 70.1 Å². The number of benzene rings is 3. The lowest BCUT2D eigenvalue weighted by atomic mass is 9.95. The molecule has 1 amide bonds. The molecule has 0 unspecified atom stereocenters. The Morgan fingerprint density at radius 3 is 2.42 bits per heavy atom. The van der Waals surface area contributed by atoms with Crippen LogP contribution in [0.15, 0.2) is 48.5 Å². The summed E-state index contributed by atoms with van der Waals surface area (Å²) in [6.07, 6.45) is 2.87. The molecular weight excluding hydrogens is 328 g/mol. The lowest BCUT2D eigenvalue weighted by Crippen LogP contribution is -2.34. The summed E-state index contributed by atoms with van der Waals surface area (Å²) >= 11 is 0. The largest absolute Gasteiger partial charge is 0.478 e. The molecule has 127 valence electrons. The first-order valence-electron chi connectivity index (χ1n) is 8.13. The van der Waals surface area contributed by atoms with E-state index in [0.29, 0.717) is 17.1 Å². The van der Waals surface area contributed by atoms with Crippen molar-refractivity contribution in [1.29, 1.82) is 0 Å². The fraction of sp³-hybridized carbons (Fsp3) is 0.0476. The second-order valence-corrected chi connectivity index (χ2v) is 6.13. The van der Waals surface area contributed by atoms with Crippen molar-refractivity contribution in [1.82, 2.24) is 5.32 Å². The number of hydrogen-bond acceptors (Lipinski definition) is 3. The Morgan fingerprint density at radius 2 is 1.73 bits per heavy atom. The van der Waals surface area contributed by atoms with Crippen LogP contribution in [0.3, 0.4) is 0 Å². The van der Waals surface area contributed by atoms with Gasteiger partial charge in [-0.1, -0.05) is 36.4 Å². The Morgan fingerprint density at radius 1 is 1.00 bits per heavy atom. The highest BCUT2D eigenvalue weighted by atomic mass is 16.4. The van der Waals surface area contributed by atoms with E-state index < -0.39 is 5.97 Å². The fourth-order valence-electron chi connectivity index (χ4n) is 3.22. The minimum atomic E-state index is -1.03. The first kappa shape index (κ1) is 16.1. The van der Waals surface area contributed by atoms with Crippen molar-refractivity contribution in [2.45, 2.75) is 6.54 Å². The van der Waals surface area contributed by atoms with E-state index in [9.17, 15) is 14.7 Å². The topological polar surface area (TPSA) is 94.5 Å². The first-order chi connectivity index (χ1) is 12.6. The molecule has 0 atom stereocenters. The van der Waals surface area contributed by atoms with Crippen LogP contribution in [0.5, 0.6) is 0 Å². The zero-order chi connectivity index (χ0) is 18.3. The van der Waals surface area contributed by atoms with E-state index in [4.69, 9.17) is 5.73 Å². The molecule has 0 aliphatic carbocycles. The normalized spacial score (nSPS) is 12.7. The lowest BCUT2D eigenvalue weighted by Gasteiger charge is -2.10. The minimum absolute atomic E-state index is 0.170. The van der Waals surface area contributed by atoms with Crippen LogP contribution in [-0.4, -0.2) is 17.0 Å². The molecule has 3 aromatic carbocycles. The van der Waals surface area contributed by atoms with Gasteiger partial charge in [0.25, 0.3) is 5.91 Å². The smallest absolute Gasteiger partial charge is 0.336 e. The standard InChI is InChI=1S/C21H15N2O3/c22-10-12-1-3-13(4-2-12)14-5-6-16-17(7-14)19-11-23-20(24)9-15(19)8-18(16)21(25)26/h1-9,11H,10,22H2,(H,25,26). The van der Waals surface area contributed by atoms with E-state index in [2.05, 4.69) is 5.32 Å². The molecule has 5 nitrogen and oxygen atoms in total. The number of rotatable bonds is 3. The zero-order valence-electron chi connectivity index (χ0n) is 13.8. The number of aromatic carboxylic acids is 1. The van der Waals surface area contributed by atoms with Gasteiger partial charge in [0.15, 0.2) is 0 Å². The van der Waals surface area contributed by atoms with E-state index in [0.717, 1.165) is 27.3 Å². The quantitative estimate of drug-likeness (QED) is 0.750. The van der Waals surface area contributed by atoms with Gasteiger partial charge in [-0.15, -0.1) is 0 Å². The number of amides is 1. The maximum absolute atomic E-state index is 11.7. The van der Waals surface area contributed by atoms with Gasteiger partial charge in [-0.2, -0.15) is 0 Å². The van der Waals surface area contributed by atoms with Crippen LogP contribution in [0.25, 0.3) is 34.2 Å². The average molecular weight is 343 g/mol. The second-order valence-electron chi connectivity index (χ2n) is 6.13. The number of nitrogens with two attached hydrogens (primary N) is 1. The van der Waals surface area contributed by atoms with Gasteiger partial charge < -0.3 is 10.8 Å². The van der Waals surface area contributed by atoms with Gasteiger partial charge in [0, 0.05) is 24.0 Å². The van der Waals surface area contributed by atoms with Gasteiger partial charge in [-0.05, 0) is 44.8 Å². The monoisotopic (exact) mass is 343 g/mol. The van der Waals surface area contributed by atoms with E-state index in [1.807, 2.05) is 36.4 Å². The third-order valence-corrected chi connectivity index (χ3v) is 4.56. The molecule has 26 heavy (non-hydrogen) atoms. The molecule has 1 aliphatic rings. The number of hydrogen-bond donors (Lipinski definition) is 2. The molecule has 0 bridgehead atoms. The Hall–Kier alpha value is -3.44. The Labute approximate surface area is 149 Å². The van der Waals surface area contributed by atoms with Gasteiger partial charge in [0.2, 0.25) is 0 Å². The highest BCUT2D eigenvalue weighted by Gasteiger charge is 2.14. The van der Waals surface area contributed by atoms with Crippen LogP contribution in [0.2, 0.25) is 0 Å². The van der Waals surface area contributed by atoms with Crippen LogP contribution in [0, 0.1) is 0 Å².